The third-order valence-electron chi connectivity index (χ3n) is 4.06. The molecule has 2 N–H and O–H groups in total. The van der Waals surface area contributed by atoms with Crippen LogP contribution in [0, 0.1) is 0 Å². The first kappa shape index (κ1) is 16.5. The molecule has 1 aromatic carbocycles. The number of aliphatic hydroxyl groups excluding tert-OH is 1. The Hall–Kier alpha value is -0.400. The molecule has 2 fully saturated rings. The lowest BCUT2D eigenvalue weighted by Crippen LogP contribution is -2.48. The number of halogens is 2. The van der Waals surface area contributed by atoms with E-state index in [1.165, 1.54) is 0 Å². The van der Waals surface area contributed by atoms with E-state index in [0.29, 0.717) is 15.6 Å². The number of hydrogen-bond donors (Lipinski definition) is 2. The summed E-state index contributed by atoms with van der Waals surface area (Å²) in [5.74, 6) is -0.834. The smallest absolute Gasteiger partial charge is 0.190 e. The van der Waals surface area contributed by atoms with Gasteiger partial charge < -0.3 is 24.4 Å². The fourth-order valence-corrected chi connectivity index (χ4v) is 3.24. The summed E-state index contributed by atoms with van der Waals surface area (Å²) in [6, 6.07) is 4.77. The summed E-state index contributed by atoms with van der Waals surface area (Å²) < 4.78 is 17.0. The standard InChI is InChI=1S/C15H18Cl2O5/c1-14(2)21-12-13(22-14)20-11(15(12,3)19)10(18)7-4-5-8(16)9(17)6-7/h4-6,10-13,18-19H,1-3H3/t10-,11-,12+,13-,15-/m1/s1. The second-order valence-electron chi connectivity index (χ2n) is 6.33. The van der Waals surface area contributed by atoms with Gasteiger partial charge in [0.15, 0.2) is 12.1 Å². The molecule has 3 rings (SSSR count). The Morgan fingerprint density at radius 3 is 2.41 bits per heavy atom. The van der Waals surface area contributed by atoms with Crippen molar-refractivity contribution in [2.24, 2.45) is 0 Å². The Balaban J connectivity index is 1.85. The predicted molar refractivity (Wildman–Crippen MR) is 80.7 cm³/mol. The lowest BCUT2D eigenvalue weighted by atomic mass is 9.88. The molecule has 0 unspecified atom stereocenters. The first-order chi connectivity index (χ1) is 10.1. The number of hydrogen-bond acceptors (Lipinski definition) is 5. The summed E-state index contributed by atoms with van der Waals surface area (Å²) in [5, 5.41) is 22.0. The molecule has 5 atom stereocenters. The Kier molecular flexibility index (Phi) is 3.97. The van der Waals surface area contributed by atoms with Gasteiger partial charge in [-0.15, -0.1) is 0 Å². The Labute approximate surface area is 138 Å². The zero-order valence-electron chi connectivity index (χ0n) is 12.4. The van der Waals surface area contributed by atoms with Crippen molar-refractivity contribution in [3.8, 4) is 0 Å². The molecule has 0 aliphatic carbocycles. The molecule has 0 radical (unpaired) electrons. The molecular weight excluding hydrogens is 331 g/mol. The van der Waals surface area contributed by atoms with Crippen LogP contribution in [0.15, 0.2) is 18.2 Å². The minimum atomic E-state index is -1.41. The molecule has 0 saturated carbocycles. The minimum Gasteiger partial charge on any atom is -0.386 e. The van der Waals surface area contributed by atoms with Crippen molar-refractivity contribution in [2.45, 2.75) is 56.8 Å². The predicted octanol–water partition coefficient (Wildman–Crippen LogP) is 2.65. The quantitative estimate of drug-likeness (QED) is 0.859. The van der Waals surface area contributed by atoms with E-state index in [1.807, 2.05) is 0 Å². The van der Waals surface area contributed by atoms with E-state index in [2.05, 4.69) is 0 Å². The van der Waals surface area contributed by atoms with Crippen LogP contribution in [0.3, 0.4) is 0 Å². The van der Waals surface area contributed by atoms with Gasteiger partial charge in [0.1, 0.15) is 23.9 Å². The number of benzene rings is 1. The van der Waals surface area contributed by atoms with E-state index in [0.717, 1.165) is 0 Å². The largest absolute Gasteiger partial charge is 0.386 e. The zero-order valence-corrected chi connectivity index (χ0v) is 13.9. The summed E-state index contributed by atoms with van der Waals surface area (Å²) in [7, 11) is 0. The van der Waals surface area contributed by atoms with Gasteiger partial charge in [-0.05, 0) is 38.5 Å². The van der Waals surface area contributed by atoms with Crippen LogP contribution in [0.2, 0.25) is 10.0 Å². The molecule has 22 heavy (non-hydrogen) atoms. The van der Waals surface area contributed by atoms with Gasteiger partial charge in [0, 0.05) is 0 Å². The highest BCUT2D eigenvalue weighted by Crippen LogP contribution is 2.46. The highest BCUT2D eigenvalue weighted by Gasteiger charge is 2.62. The summed E-state index contributed by atoms with van der Waals surface area (Å²) in [6.45, 7) is 5.05. The van der Waals surface area contributed by atoms with E-state index in [4.69, 9.17) is 37.4 Å². The maximum atomic E-state index is 10.8. The molecule has 2 aliphatic rings. The molecule has 1 aromatic rings. The maximum Gasteiger partial charge on any atom is 0.190 e. The molecule has 5 nitrogen and oxygen atoms in total. The average molecular weight is 349 g/mol. The molecule has 2 saturated heterocycles. The van der Waals surface area contributed by atoms with Gasteiger partial charge in [0.25, 0.3) is 0 Å². The second kappa shape index (κ2) is 5.31. The van der Waals surface area contributed by atoms with Gasteiger partial charge in [-0.1, -0.05) is 29.3 Å². The average Bonchev–Trinajstić information content (AvgIpc) is 2.84. The molecule has 7 heteroatoms. The third kappa shape index (κ3) is 2.65. The first-order valence-corrected chi connectivity index (χ1v) is 7.74. The van der Waals surface area contributed by atoms with Gasteiger partial charge in [0.2, 0.25) is 0 Å². The van der Waals surface area contributed by atoms with Gasteiger partial charge in [-0.2, -0.15) is 0 Å². The Bertz CT molecular complexity index is 589. The molecular formula is C15H18Cl2O5. The van der Waals surface area contributed by atoms with Gasteiger partial charge in [-0.3, -0.25) is 0 Å². The van der Waals surface area contributed by atoms with Crippen molar-refractivity contribution >= 4 is 23.2 Å². The fourth-order valence-electron chi connectivity index (χ4n) is 2.93. The number of ether oxygens (including phenoxy) is 3. The van der Waals surface area contributed by atoms with Crippen molar-refractivity contribution in [3.63, 3.8) is 0 Å². The SMILES string of the molecule is CC1(C)O[C@H]2O[C@H]([C@H](O)c3ccc(Cl)c(Cl)c3)[C@@](C)(O)[C@H]2O1. The zero-order chi connectivity index (χ0) is 16.3. The van der Waals surface area contributed by atoms with Crippen LogP contribution < -0.4 is 0 Å². The molecule has 0 spiro atoms. The summed E-state index contributed by atoms with van der Waals surface area (Å²) in [4.78, 5) is 0. The third-order valence-corrected chi connectivity index (χ3v) is 4.80. The highest BCUT2D eigenvalue weighted by molar-refractivity contribution is 6.42. The van der Waals surface area contributed by atoms with Crippen molar-refractivity contribution in [3.05, 3.63) is 33.8 Å². The molecule has 0 aromatic heterocycles. The van der Waals surface area contributed by atoms with E-state index in [1.54, 1.807) is 39.0 Å². The van der Waals surface area contributed by atoms with Crippen LogP contribution in [-0.4, -0.2) is 40.1 Å². The highest BCUT2D eigenvalue weighted by atomic mass is 35.5. The summed E-state index contributed by atoms with van der Waals surface area (Å²) >= 11 is 11.8. The number of rotatable bonds is 2. The van der Waals surface area contributed by atoms with Crippen LogP contribution in [0.5, 0.6) is 0 Å². The van der Waals surface area contributed by atoms with Crippen LogP contribution in [-0.2, 0) is 14.2 Å². The van der Waals surface area contributed by atoms with Gasteiger partial charge in [-0.25, -0.2) is 0 Å². The van der Waals surface area contributed by atoms with Crippen molar-refractivity contribution in [1.82, 2.24) is 0 Å². The van der Waals surface area contributed by atoms with Crippen molar-refractivity contribution in [2.75, 3.05) is 0 Å². The van der Waals surface area contributed by atoms with E-state index in [9.17, 15) is 10.2 Å². The van der Waals surface area contributed by atoms with Crippen molar-refractivity contribution in [1.29, 1.82) is 0 Å². The maximum absolute atomic E-state index is 10.8. The summed E-state index contributed by atoms with van der Waals surface area (Å²) in [5.41, 5.74) is -0.914. The van der Waals surface area contributed by atoms with Crippen LogP contribution >= 0.6 is 23.2 Å². The molecule has 0 amide bonds. The normalized spacial score (nSPS) is 38.0. The number of aliphatic hydroxyl groups is 2. The molecule has 2 aliphatic heterocycles. The van der Waals surface area contributed by atoms with E-state index >= 15 is 0 Å². The van der Waals surface area contributed by atoms with Crippen LogP contribution in [0.25, 0.3) is 0 Å². The van der Waals surface area contributed by atoms with E-state index in [-0.39, 0.29) is 0 Å². The van der Waals surface area contributed by atoms with Crippen LogP contribution in [0.4, 0.5) is 0 Å². The van der Waals surface area contributed by atoms with E-state index < -0.39 is 36.0 Å². The van der Waals surface area contributed by atoms with Gasteiger partial charge in [0.05, 0.1) is 10.0 Å². The second-order valence-corrected chi connectivity index (χ2v) is 7.14. The molecule has 2 heterocycles. The summed E-state index contributed by atoms with van der Waals surface area (Å²) in [6.07, 6.45) is -3.40. The molecule has 0 bridgehead atoms. The van der Waals surface area contributed by atoms with Gasteiger partial charge >= 0.3 is 0 Å². The van der Waals surface area contributed by atoms with Crippen LogP contribution in [0.1, 0.15) is 32.4 Å². The topological polar surface area (TPSA) is 68.2 Å². The lowest BCUT2D eigenvalue weighted by molar-refractivity contribution is -0.240. The number of fused-ring (bicyclic) bond motifs is 1. The Morgan fingerprint density at radius 2 is 1.82 bits per heavy atom. The molecule has 122 valence electrons. The first-order valence-electron chi connectivity index (χ1n) is 6.98. The lowest BCUT2D eigenvalue weighted by Gasteiger charge is -2.33. The minimum absolute atomic E-state index is 0.324. The monoisotopic (exact) mass is 348 g/mol. The Morgan fingerprint density at radius 1 is 1.14 bits per heavy atom. The fraction of sp³-hybridized carbons (Fsp3) is 0.600. The van der Waals surface area contributed by atoms with Crippen molar-refractivity contribution < 1.29 is 24.4 Å².